The molecule has 0 saturated heterocycles. The highest BCUT2D eigenvalue weighted by Crippen LogP contribution is 2.28. The Hall–Kier alpha value is -2.73. The highest BCUT2D eigenvalue weighted by Gasteiger charge is 2.32. The average molecular weight is 325 g/mol. The van der Waals surface area contributed by atoms with E-state index < -0.39 is 17.4 Å². The van der Waals surface area contributed by atoms with Gasteiger partial charge in [0.15, 0.2) is 0 Å². The molecule has 1 aromatic heterocycles. The van der Waals surface area contributed by atoms with Gasteiger partial charge in [-0.3, -0.25) is 14.6 Å². The van der Waals surface area contributed by atoms with Gasteiger partial charge in [-0.25, -0.2) is 0 Å². The number of aromatic nitrogens is 1. The van der Waals surface area contributed by atoms with Crippen LogP contribution in [0.3, 0.4) is 0 Å². The Morgan fingerprint density at radius 3 is 2.67 bits per heavy atom. The minimum atomic E-state index is -1.03. The zero-order valence-electron chi connectivity index (χ0n) is 13.2. The number of aryl methyl sites for hydroxylation is 1. The van der Waals surface area contributed by atoms with Gasteiger partial charge in [0.2, 0.25) is 0 Å². The second-order valence-electron chi connectivity index (χ2n) is 6.05. The summed E-state index contributed by atoms with van der Waals surface area (Å²) in [7, 11) is 0. The minimum Gasteiger partial charge on any atom is -0.388 e. The van der Waals surface area contributed by atoms with Gasteiger partial charge in [0.05, 0.1) is 17.5 Å². The molecule has 1 aromatic carbocycles. The number of anilines is 1. The number of rotatable bonds is 3. The fourth-order valence-corrected chi connectivity index (χ4v) is 2.88. The highest BCUT2D eigenvalue weighted by atomic mass is 16.3. The molecule has 0 spiro atoms. The Morgan fingerprint density at radius 2 is 1.92 bits per heavy atom. The van der Waals surface area contributed by atoms with E-state index >= 15 is 0 Å². The maximum atomic E-state index is 11.9. The molecule has 24 heavy (non-hydrogen) atoms. The van der Waals surface area contributed by atoms with Crippen LogP contribution in [0.4, 0.5) is 5.69 Å². The van der Waals surface area contributed by atoms with Crippen LogP contribution >= 0.6 is 0 Å². The molecule has 1 atom stereocenters. The number of hydrogen-bond acceptors (Lipinski definition) is 4. The number of nitrogens with one attached hydrogen (secondary N) is 2. The van der Waals surface area contributed by atoms with Crippen molar-refractivity contribution in [2.45, 2.75) is 24.9 Å². The molecule has 0 fully saturated rings. The summed E-state index contributed by atoms with van der Waals surface area (Å²) in [4.78, 5) is 27.6. The third-order valence-corrected chi connectivity index (χ3v) is 4.20. The van der Waals surface area contributed by atoms with Gasteiger partial charge < -0.3 is 15.7 Å². The Bertz CT molecular complexity index is 748. The van der Waals surface area contributed by atoms with E-state index in [9.17, 15) is 14.7 Å². The number of benzene rings is 1. The molecule has 0 radical (unpaired) electrons. The first-order valence-electron chi connectivity index (χ1n) is 7.84. The second-order valence-corrected chi connectivity index (χ2v) is 6.05. The Labute approximate surface area is 139 Å². The van der Waals surface area contributed by atoms with Crippen molar-refractivity contribution in [2.75, 3.05) is 11.9 Å². The van der Waals surface area contributed by atoms with E-state index in [1.165, 1.54) is 11.8 Å². The van der Waals surface area contributed by atoms with Crippen LogP contribution in [0.25, 0.3) is 0 Å². The van der Waals surface area contributed by atoms with Crippen molar-refractivity contribution in [3.05, 3.63) is 59.9 Å². The fraction of sp³-hybridized carbons (Fsp3) is 0.278. The van der Waals surface area contributed by atoms with Crippen LogP contribution in [-0.4, -0.2) is 34.1 Å². The number of carbonyl (C=O) groups is 2. The predicted molar refractivity (Wildman–Crippen MR) is 89.3 cm³/mol. The summed E-state index contributed by atoms with van der Waals surface area (Å²) in [6.07, 6.45) is 4.80. The van der Waals surface area contributed by atoms with Crippen molar-refractivity contribution in [3.63, 3.8) is 0 Å². The molecule has 6 heteroatoms. The van der Waals surface area contributed by atoms with E-state index in [1.54, 1.807) is 18.3 Å². The van der Waals surface area contributed by atoms with Gasteiger partial charge in [0.25, 0.3) is 0 Å². The number of fused-ring (bicyclic) bond motifs is 1. The van der Waals surface area contributed by atoms with Gasteiger partial charge in [0.1, 0.15) is 0 Å². The van der Waals surface area contributed by atoms with Gasteiger partial charge in [-0.2, -0.15) is 0 Å². The number of hydrogen-bond donors (Lipinski definition) is 3. The van der Waals surface area contributed by atoms with Crippen LogP contribution in [0.5, 0.6) is 0 Å². The maximum Gasteiger partial charge on any atom is 0.313 e. The quantitative estimate of drug-likeness (QED) is 0.736. The Balaban J connectivity index is 1.55. The molecule has 0 saturated carbocycles. The second kappa shape index (κ2) is 6.80. The molecule has 3 N–H and O–H groups in total. The lowest BCUT2D eigenvalue weighted by atomic mass is 9.80. The van der Waals surface area contributed by atoms with E-state index in [-0.39, 0.29) is 6.54 Å². The largest absolute Gasteiger partial charge is 0.388 e. The van der Waals surface area contributed by atoms with Crippen LogP contribution in [-0.2, 0) is 22.4 Å². The molecule has 0 unspecified atom stereocenters. The highest BCUT2D eigenvalue weighted by molar-refractivity contribution is 6.39. The van der Waals surface area contributed by atoms with E-state index in [0.717, 1.165) is 12.0 Å². The molecule has 6 nitrogen and oxygen atoms in total. The first kappa shape index (κ1) is 16.1. The van der Waals surface area contributed by atoms with Crippen molar-refractivity contribution < 1.29 is 14.7 Å². The maximum absolute atomic E-state index is 11.9. The average Bonchev–Trinajstić information content (AvgIpc) is 2.60. The monoisotopic (exact) mass is 325 g/mol. The van der Waals surface area contributed by atoms with E-state index in [1.807, 2.05) is 18.2 Å². The normalized spacial score (nSPS) is 19.2. The summed E-state index contributed by atoms with van der Waals surface area (Å²) in [6.45, 7) is 0.0423. The first-order valence-corrected chi connectivity index (χ1v) is 7.84. The van der Waals surface area contributed by atoms with Crippen molar-refractivity contribution in [1.29, 1.82) is 0 Å². The van der Waals surface area contributed by atoms with Gasteiger partial charge in [0, 0.05) is 19.2 Å². The third-order valence-electron chi connectivity index (χ3n) is 4.20. The molecule has 2 amide bonds. The smallest absolute Gasteiger partial charge is 0.313 e. The lowest BCUT2D eigenvalue weighted by molar-refractivity contribution is -0.136. The third kappa shape index (κ3) is 3.78. The topological polar surface area (TPSA) is 91.3 Å². The molecule has 0 bridgehead atoms. The van der Waals surface area contributed by atoms with E-state index in [2.05, 4.69) is 21.7 Å². The first-order chi connectivity index (χ1) is 11.6. The zero-order chi connectivity index (χ0) is 17.0. The fourth-order valence-electron chi connectivity index (χ4n) is 2.88. The predicted octanol–water partition coefficient (Wildman–Crippen LogP) is 1.06. The lowest BCUT2D eigenvalue weighted by Crippen LogP contribution is -2.49. The SMILES string of the molecule is O=C(NC[C@@]1(O)CCc2ccccc2C1)C(=O)Nc1cccnc1. The molecule has 2 aromatic rings. The zero-order valence-corrected chi connectivity index (χ0v) is 13.2. The van der Waals surface area contributed by atoms with E-state index in [0.29, 0.717) is 18.5 Å². The number of pyridine rings is 1. The van der Waals surface area contributed by atoms with Crippen LogP contribution in [0.1, 0.15) is 17.5 Å². The van der Waals surface area contributed by atoms with Crippen LogP contribution in [0, 0.1) is 0 Å². The van der Waals surface area contributed by atoms with Crippen molar-refractivity contribution in [3.8, 4) is 0 Å². The van der Waals surface area contributed by atoms with Crippen LogP contribution in [0.2, 0.25) is 0 Å². The van der Waals surface area contributed by atoms with E-state index in [4.69, 9.17) is 0 Å². The molecule has 124 valence electrons. The molecule has 1 aliphatic carbocycles. The number of aliphatic hydroxyl groups is 1. The summed E-state index contributed by atoms with van der Waals surface area (Å²) >= 11 is 0. The summed E-state index contributed by atoms with van der Waals surface area (Å²) < 4.78 is 0. The Kier molecular flexibility index (Phi) is 4.57. The number of nitrogens with zero attached hydrogens (tertiary/aromatic N) is 1. The molecular formula is C18H19N3O3. The van der Waals surface area contributed by atoms with Crippen molar-refractivity contribution >= 4 is 17.5 Å². The van der Waals surface area contributed by atoms with Crippen molar-refractivity contribution in [1.82, 2.24) is 10.3 Å². The standard InChI is InChI=1S/C18H19N3O3/c22-16(17(23)21-15-6-3-9-19-11-15)20-12-18(24)8-7-13-4-1-2-5-14(13)10-18/h1-6,9,11,24H,7-8,10,12H2,(H,20,22)(H,21,23)/t18-/m1/s1. The molecule has 0 aliphatic heterocycles. The molecule has 1 aliphatic rings. The minimum absolute atomic E-state index is 0.0423. The molecule has 3 rings (SSSR count). The number of carbonyl (C=O) groups excluding carboxylic acids is 2. The summed E-state index contributed by atoms with van der Waals surface area (Å²) in [5.74, 6) is -1.55. The molecule has 1 heterocycles. The van der Waals surface area contributed by atoms with Gasteiger partial charge in [-0.05, 0) is 36.1 Å². The van der Waals surface area contributed by atoms with Gasteiger partial charge >= 0.3 is 11.8 Å². The Morgan fingerprint density at radius 1 is 1.12 bits per heavy atom. The summed E-state index contributed by atoms with van der Waals surface area (Å²) in [6, 6.07) is 11.3. The summed E-state index contributed by atoms with van der Waals surface area (Å²) in [5, 5.41) is 15.7. The molecular weight excluding hydrogens is 306 g/mol. The van der Waals surface area contributed by atoms with Gasteiger partial charge in [-0.15, -0.1) is 0 Å². The van der Waals surface area contributed by atoms with Gasteiger partial charge in [-0.1, -0.05) is 24.3 Å². The number of amides is 2. The van der Waals surface area contributed by atoms with Crippen molar-refractivity contribution in [2.24, 2.45) is 0 Å². The van der Waals surface area contributed by atoms with Crippen LogP contribution in [0.15, 0.2) is 48.8 Å². The summed E-state index contributed by atoms with van der Waals surface area (Å²) in [5.41, 5.74) is 1.73. The lowest BCUT2D eigenvalue weighted by Gasteiger charge is -2.33. The van der Waals surface area contributed by atoms with Crippen LogP contribution < -0.4 is 10.6 Å².